The van der Waals surface area contributed by atoms with E-state index in [1.54, 1.807) is 0 Å². The minimum absolute atomic E-state index is 0.0267. The summed E-state index contributed by atoms with van der Waals surface area (Å²) < 4.78 is 21.1. The van der Waals surface area contributed by atoms with Gasteiger partial charge in [0.25, 0.3) is 0 Å². The molecule has 0 radical (unpaired) electrons. The summed E-state index contributed by atoms with van der Waals surface area (Å²) in [6, 6.07) is -1.14. The molecule has 0 saturated heterocycles. The van der Waals surface area contributed by atoms with Crippen molar-refractivity contribution < 1.29 is 57.9 Å². The van der Waals surface area contributed by atoms with Gasteiger partial charge >= 0.3 is 11.9 Å². The molecular formula is C34H61N3O12. The molecule has 15 nitrogen and oxygen atoms in total. The van der Waals surface area contributed by atoms with Crippen LogP contribution in [0.25, 0.3) is 0 Å². The van der Waals surface area contributed by atoms with Crippen LogP contribution in [0.1, 0.15) is 104 Å². The highest BCUT2D eigenvalue weighted by Gasteiger charge is 2.20. The highest BCUT2D eigenvalue weighted by Crippen LogP contribution is 2.12. The Morgan fingerprint density at radius 2 is 1.00 bits per heavy atom. The number of hydrogen-bond acceptors (Lipinski definition) is 10. The molecule has 0 fully saturated rings. The van der Waals surface area contributed by atoms with Gasteiger partial charge in [0.2, 0.25) is 17.7 Å². The molecule has 15 heteroatoms. The fourth-order valence-electron chi connectivity index (χ4n) is 4.38. The Hall–Kier alpha value is -3.14. The molecule has 0 spiro atoms. The second-order valence-electron chi connectivity index (χ2n) is 12.1. The lowest BCUT2D eigenvalue weighted by atomic mass is 10.0. The molecule has 284 valence electrons. The van der Waals surface area contributed by atoms with E-state index in [4.69, 9.17) is 24.1 Å². The van der Waals surface area contributed by atoms with E-state index in [2.05, 4.69) is 16.0 Å². The number of nitrogens with one attached hydrogen (secondary N) is 3. The van der Waals surface area contributed by atoms with Gasteiger partial charge in [-0.3, -0.25) is 24.0 Å². The van der Waals surface area contributed by atoms with Crippen LogP contribution in [-0.4, -0.2) is 118 Å². The van der Waals surface area contributed by atoms with Crippen LogP contribution >= 0.6 is 0 Å². The minimum Gasteiger partial charge on any atom is -0.481 e. The lowest BCUT2D eigenvalue weighted by Gasteiger charge is -2.14. The third-order valence-electron chi connectivity index (χ3n) is 7.34. The average Bonchev–Trinajstić information content (AvgIpc) is 3.05. The van der Waals surface area contributed by atoms with Crippen molar-refractivity contribution in [2.75, 3.05) is 65.9 Å². The lowest BCUT2D eigenvalue weighted by Crippen LogP contribution is -2.41. The number of amides is 3. The van der Waals surface area contributed by atoms with Crippen LogP contribution in [0.2, 0.25) is 0 Å². The SMILES string of the molecule is CC(C)C(=O)COCCOCCNC(=O)COCCOCCNC(=O)CC[C@H](NC(=O)CCCCCCCCCCCCC(=O)O)C(=O)O. The standard InChI is InChI=1S/C34H61N3O12/c1-27(2)29(38)25-48-23-21-47-20-18-36-32(41)26-49-24-22-46-19-17-35-30(39)16-15-28(34(44)45)37-31(40)13-11-9-7-5-3-4-6-8-10-12-14-33(42)43/h27-28H,3-26H2,1-2H3,(H,35,39)(H,36,41)(H,37,40)(H,42,43)(H,44,45)/t28-/m0/s1. The highest BCUT2D eigenvalue weighted by molar-refractivity contribution is 5.84. The quantitative estimate of drug-likeness (QED) is 0.0603. The number of ether oxygens (including phenoxy) is 4. The number of hydrogen-bond donors (Lipinski definition) is 5. The Labute approximate surface area is 290 Å². The third-order valence-corrected chi connectivity index (χ3v) is 7.34. The summed E-state index contributed by atoms with van der Waals surface area (Å²) in [6.07, 6.45) is 10.1. The third kappa shape index (κ3) is 31.9. The Morgan fingerprint density at radius 1 is 0.531 bits per heavy atom. The molecule has 0 heterocycles. The smallest absolute Gasteiger partial charge is 0.326 e. The van der Waals surface area contributed by atoms with E-state index in [1.165, 1.54) is 0 Å². The molecule has 0 aromatic rings. The zero-order chi connectivity index (χ0) is 36.5. The second-order valence-corrected chi connectivity index (χ2v) is 12.1. The van der Waals surface area contributed by atoms with E-state index < -0.39 is 18.0 Å². The number of carbonyl (C=O) groups is 6. The van der Waals surface area contributed by atoms with E-state index in [1.807, 2.05) is 13.8 Å². The summed E-state index contributed by atoms with van der Waals surface area (Å²) in [5.74, 6) is -2.95. The van der Waals surface area contributed by atoms with Crippen LogP contribution in [0.5, 0.6) is 0 Å². The van der Waals surface area contributed by atoms with Gasteiger partial charge in [-0.2, -0.15) is 0 Å². The summed E-state index contributed by atoms with van der Waals surface area (Å²) in [5.41, 5.74) is 0. The molecule has 0 aromatic heterocycles. The van der Waals surface area contributed by atoms with Gasteiger partial charge in [0.15, 0.2) is 5.78 Å². The minimum atomic E-state index is -1.19. The number of aliphatic carboxylic acids is 2. The van der Waals surface area contributed by atoms with Gasteiger partial charge in [0, 0.05) is 38.3 Å². The molecule has 0 rings (SSSR count). The topological polar surface area (TPSA) is 216 Å². The zero-order valence-electron chi connectivity index (χ0n) is 29.6. The summed E-state index contributed by atoms with van der Waals surface area (Å²) in [7, 11) is 0. The molecule has 0 aromatic carbocycles. The predicted molar refractivity (Wildman–Crippen MR) is 181 cm³/mol. The van der Waals surface area contributed by atoms with Crippen LogP contribution in [0.4, 0.5) is 0 Å². The van der Waals surface area contributed by atoms with Crippen LogP contribution in [-0.2, 0) is 47.7 Å². The first-order valence-corrected chi connectivity index (χ1v) is 17.6. The molecular weight excluding hydrogens is 642 g/mol. The van der Waals surface area contributed by atoms with Crippen molar-refractivity contribution in [3.8, 4) is 0 Å². The van der Waals surface area contributed by atoms with Crippen LogP contribution in [0.15, 0.2) is 0 Å². The summed E-state index contributed by atoms with van der Waals surface area (Å²) in [5, 5.41) is 25.9. The van der Waals surface area contributed by atoms with Gasteiger partial charge < -0.3 is 45.1 Å². The molecule has 1 atom stereocenters. The summed E-state index contributed by atoms with van der Waals surface area (Å²) >= 11 is 0. The Balaban J connectivity index is 3.70. The largest absolute Gasteiger partial charge is 0.481 e. The molecule has 5 N–H and O–H groups in total. The maximum absolute atomic E-state index is 12.2. The van der Waals surface area contributed by atoms with E-state index in [9.17, 15) is 33.9 Å². The maximum Gasteiger partial charge on any atom is 0.326 e. The van der Waals surface area contributed by atoms with Crippen LogP contribution < -0.4 is 16.0 Å². The zero-order valence-corrected chi connectivity index (χ0v) is 29.6. The normalized spacial score (nSPS) is 11.7. The molecule has 0 aliphatic carbocycles. The van der Waals surface area contributed by atoms with Gasteiger partial charge in [0.05, 0.1) is 39.6 Å². The Bertz CT molecular complexity index is 932. The molecule has 0 unspecified atom stereocenters. The summed E-state index contributed by atoms with van der Waals surface area (Å²) in [4.78, 5) is 69.6. The number of carboxylic acid groups (broad SMARTS) is 2. The number of Topliss-reactive ketones (excluding diaryl/α,β-unsaturated/α-hetero) is 1. The van der Waals surface area contributed by atoms with Crippen molar-refractivity contribution in [3.63, 3.8) is 0 Å². The van der Waals surface area contributed by atoms with Crippen molar-refractivity contribution in [3.05, 3.63) is 0 Å². The van der Waals surface area contributed by atoms with Crippen molar-refractivity contribution in [1.29, 1.82) is 0 Å². The van der Waals surface area contributed by atoms with Crippen molar-refractivity contribution in [1.82, 2.24) is 16.0 Å². The maximum atomic E-state index is 12.2. The summed E-state index contributed by atoms with van der Waals surface area (Å²) in [6.45, 7) is 5.62. The first-order valence-electron chi connectivity index (χ1n) is 17.6. The molecule has 0 aliphatic rings. The van der Waals surface area contributed by atoms with Gasteiger partial charge in [0.1, 0.15) is 19.3 Å². The first-order chi connectivity index (χ1) is 23.5. The average molecular weight is 704 g/mol. The molecule has 49 heavy (non-hydrogen) atoms. The fourth-order valence-corrected chi connectivity index (χ4v) is 4.38. The van der Waals surface area contributed by atoms with Crippen molar-refractivity contribution >= 4 is 35.4 Å². The van der Waals surface area contributed by atoms with Crippen LogP contribution in [0, 0.1) is 5.92 Å². The lowest BCUT2D eigenvalue weighted by molar-refractivity contribution is -0.142. The highest BCUT2D eigenvalue weighted by atomic mass is 16.5. The molecule has 3 amide bonds. The second kappa shape index (κ2) is 32.1. The monoisotopic (exact) mass is 703 g/mol. The molecule has 0 bridgehead atoms. The van der Waals surface area contributed by atoms with Crippen LogP contribution in [0.3, 0.4) is 0 Å². The number of carboxylic acids is 2. The van der Waals surface area contributed by atoms with Crippen molar-refractivity contribution in [2.24, 2.45) is 5.92 Å². The predicted octanol–water partition coefficient (Wildman–Crippen LogP) is 2.63. The van der Waals surface area contributed by atoms with E-state index in [0.717, 1.165) is 57.8 Å². The van der Waals surface area contributed by atoms with E-state index >= 15 is 0 Å². The van der Waals surface area contributed by atoms with Gasteiger partial charge in [-0.25, -0.2) is 4.79 Å². The first kappa shape index (κ1) is 45.9. The molecule has 0 saturated carbocycles. The Kier molecular flexibility index (Phi) is 30.0. The van der Waals surface area contributed by atoms with Gasteiger partial charge in [-0.05, 0) is 19.3 Å². The molecule has 0 aliphatic heterocycles. The number of ketones is 1. The van der Waals surface area contributed by atoms with Gasteiger partial charge in [-0.1, -0.05) is 65.2 Å². The van der Waals surface area contributed by atoms with E-state index in [-0.39, 0.29) is 94.7 Å². The number of carbonyl (C=O) groups excluding carboxylic acids is 4. The van der Waals surface area contributed by atoms with Gasteiger partial charge in [-0.15, -0.1) is 0 Å². The fraction of sp³-hybridized carbons (Fsp3) is 0.824. The van der Waals surface area contributed by atoms with E-state index in [0.29, 0.717) is 32.8 Å². The number of rotatable bonds is 35. The van der Waals surface area contributed by atoms with Crippen molar-refractivity contribution in [2.45, 2.75) is 110 Å². The number of unbranched alkanes of at least 4 members (excludes halogenated alkanes) is 9. The Morgan fingerprint density at radius 3 is 1.51 bits per heavy atom.